The summed E-state index contributed by atoms with van der Waals surface area (Å²) in [7, 11) is 0. The molecular formula is C22H18N4OS. The molecule has 0 bridgehead atoms. The van der Waals surface area contributed by atoms with E-state index in [2.05, 4.69) is 28.5 Å². The van der Waals surface area contributed by atoms with E-state index in [0.29, 0.717) is 16.9 Å². The van der Waals surface area contributed by atoms with Gasteiger partial charge in [-0.05, 0) is 41.3 Å². The van der Waals surface area contributed by atoms with Gasteiger partial charge in [-0.2, -0.15) is 0 Å². The molecule has 0 aliphatic heterocycles. The lowest BCUT2D eigenvalue weighted by Crippen LogP contribution is -2.15. The lowest BCUT2D eigenvalue weighted by molar-refractivity contribution is -0.115. The third-order valence-electron chi connectivity index (χ3n) is 4.43. The monoisotopic (exact) mass is 386 g/mol. The van der Waals surface area contributed by atoms with Crippen LogP contribution in [0.25, 0.3) is 20.5 Å². The molecule has 4 N–H and O–H groups in total. The van der Waals surface area contributed by atoms with Crippen molar-refractivity contribution in [1.29, 1.82) is 5.41 Å². The number of pyridine rings is 1. The zero-order chi connectivity index (χ0) is 19.5. The summed E-state index contributed by atoms with van der Waals surface area (Å²) in [5, 5.41) is 11.7. The Morgan fingerprint density at radius 1 is 1.18 bits per heavy atom. The van der Waals surface area contributed by atoms with Gasteiger partial charge in [-0.25, -0.2) is 0 Å². The van der Waals surface area contributed by atoms with E-state index in [1.807, 2.05) is 24.3 Å². The Morgan fingerprint density at radius 3 is 2.79 bits per heavy atom. The molecule has 2 aromatic carbocycles. The summed E-state index contributed by atoms with van der Waals surface area (Å²) in [5.41, 5.74) is 9.69. The van der Waals surface area contributed by atoms with Crippen LogP contribution in [0.15, 0.2) is 67.0 Å². The Labute approximate surface area is 166 Å². The van der Waals surface area contributed by atoms with Crippen molar-refractivity contribution in [3.8, 4) is 10.4 Å². The second kappa shape index (κ2) is 7.62. The van der Waals surface area contributed by atoms with Crippen LogP contribution < -0.4 is 11.1 Å². The number of nitrogen functional groups attached to an aromatic ring is 1. The number of fused-ring (bicyclic) bond motifs is 1. The minimum absolute atomic E-state index is 0.143. The fourth-order valence-electron chi connectivity index (χ4n) is 3.08. The summed E-state index contributed by atoms with van der Waals surface area (Å²) < 4.78 is 1.17. The molecule has 1 amide bonds. The number of carbonyl (C=O) groups excluding carboxylic acids is 1. The van der Waals surface area contributed by atoms with Crippen LogP contribution in [0.1, 0.15) is 11.1 Å². The maximum atomic E-state index is 12.4. The summed E-state index contributed by atoms with van der Waals surface area (Å²) in [4.78, 5) is 17.5. The van der Waals surface area contributed by atoms with Gasteiger partial charge in [0.1, 0.15) is 0 Å². The number of rotatable bonds is 5. The second-order valence-electron chi connectivity index (χ2n) is 6.41. The van der Waals surface area contributed by atoms with E-state index in [1.165, 1.54) is 10.9 Å². The molecule has 4 aromatic rings. The first-order valence-corrected chi connectivity index (χ1v) is 9.57. The van der Waals surface area contributed by atoms with Crippen LogP contribution in [0.2, 0.25) is 0 Å². The average molecular weight is 386 g/mol. The Hall–Kier alpha value is -3.51. The number of nitrogens with two attached hydrogens (primary N) is 1. The van der Waals surface area contributed by atoms with Crippen molar-refractivity contribution in [2.24, 2.45) is 0 Å². The minimum atomic E-state index is -0.143. The number of anilines is 2. The molecule has 0 saturated heterocycles. The molecule has 2 aromatic heterocycles. The first-order chi connectivity index (χ1) is 13.6. The molecule has 138 valence electrons. The van der Waals surface area contributed by atoms with Crippen LogP contribution in [0.3, 0.4) is 0 Å². The molecule has 28 heavy (non-hydrogen) atoms. The molecule has 0 fully saturated rings. The Bertz CT molecular complexity index is 1130. The summed E-state index contributed by atoms with van der Waals surface area (Å²) in [6, 6.07) is 17.5. The molecule has 6 heteroatoms. The lowest BCUT2D eigenvalue weighted by Gasteiger charge is -2.12. The maximum absolute atomic E-state index is 12.4. The van der Waals surface area contributed by atoms with Gasteiger partial charge in [0.15, 0.2) is 0 Å². The van der Waals surface area contributed by atoms with Gasteiger partial charge in [0.05, 0.1) is 6.42 Å². The van der Waals surface area contributed by atoms with Gasteiger partial charge < -0.3 is 16.5 Å². The molecular weight excluding hydrogens is 368 g/mol. The number of hydrogen-bond acceptors (Lipinski definition) is 5. The van der Waals surface area contributed by atoms with Gasteiger partial charge in [-0.15, -0.1) is 11.3 Å². The van der Waals surface area contributed by atoms with Gasteiger partial charge in [0.2, 0.25) is 5.91 Å². The first kappa shape index (κ1) is 17.9. The Morgan fingerprint density at radius 2 is 2.04 bits per heavy atom. The summed E-state index contributed by atoms with van der Waals surface area (Å²) in [5.74, 6) is -0.143. The van der Waals surface area contributed by atoms with Gasteiger partial charge in [0.25, 0.3) is 0 Å². The molecule has 0 aliphatic rings. The fraction of sp³-hybridized carbons (Fsp3) is 0.0455. The third-order valence-corrected chi connectivity index (χ3v) is 5.58. The normalized spacial score (nSPS) is 10.7. The van der Waals surface area contributed by atoms with Crippen molar-refractivity contribution in [3.05, 3.63) is 78.1 Å². The number of benzene rings is 2. The smallest absolute Gasteiger partial charge is 0.228 e. The van der Waals surface area contributed by atoms with Crippen molar-refractivity contribution in [2.75, 3.05) is 11.1 Å². The molecule has 0 atom stereocenters. The van der Waals surface area contributed by atoms with Crippen molar-refractivity contribution in [1.82, 2.24) is 4.98 Å². The van der Waals surface area contributed by atoms with Crippen LogP contribution in [0.5, 0.6) is 0 Å². The molecule has 0 aliphatic carbocycles. The molecule has 5 nitrogen and oxygen atoms in total. The van der Waals surface area contributed by atoms with Crippen LogP contribution >= 0.6 is 11.3 Å². The summed E-state index contributed by atoms with van der Waals surface area (Å²) in [6.45, 7) is 0. The zero-order valence-corrected chi connectivity index (χ0v) is 15.8. The topological polar surface area (TPSA) is 91.9 Å². The van der Waals surface area contributed by atoms with Crippen molar-refractivity contribution < 1.29 is 4.79 Å². The van der Waals surface area contributed by atoms with E-state index < -0.39 is 0 Å². The fourth-order valence-corrected chi connectivity index (χ4v) is 4.17. The van der Waals surface area contributed by atoms with Crippen molar-refractivity contribution >= 4 is 44.9 Å². The zero-order valence-electron chi connectivity index (χ0n) is 15.0. The van der Waals surface area contributed by atoms with E-state index in [9.17, 15) is 4.79 Å². The van der Waals surface area contributed by atoms with E-state index >= 15 is 0 Å². The maximum Gasteiger partial charge on any atom is 0.228 e. The highest BCUT2D eigenvalue weighted by Gasteiger charge is 2.13. The lowest BCUT2D eigenvalue weighted by atomic mass is 10.0. The predicted molar refractivity (Wildman–Crippen MR) is 116 cm³/mol. The number of thiophene rings is 1. The summed E-state index contributed by atoms with van der Waals surface area (Å²) in [6.07, 6.45) is 4.79. The predicted octanol–water partition coefficient (Wildman–Crippen LogP) is 4.72. The number of hydrogen-bond donors (Lipinski definition) is 3. The molecule has 0 radical (unpaired) electrons. The van der Waals surface area contributed by atoms with Crippen LogP contribution in [-0.2, 0) is 11.2 Å². The molecule has 2 heterocycles. The van der Waals surface area contributed by atoms with E-state index in [-0.39, 0.29) is 12.3 Å². The highest BCUT2D eigenvalue weighted by atomic mass is 32.1. The quantitative estimate of drug-likeness (QED) is 0.342. The number of carbonyl (C=O) groups is 1. The van der Waals surface area contributed by atoms with Gasteiger partial charge in [-0.1, -0.05) is 24.3 Å². The number of nitrogens with zero attached hydrogens (tertiary/aromatic N) is 1. The Kier molecular flexibility index (Phi) is 4.87. The first-order valence-electron chi connectivity index (χ1n) is 8.76. The highest BCUT2D eigenvalue weighted by Crippen LogP contribution is 2.38. The van der Waals surface area contributed by atoms with E-state index in [0.717, 1.165) is 21.4 Å². The molecule has 0 saturated carbocycles. The van der Waals surface area contributed by atoms with Gasteiger partial charge in [-0.3, -0.25) is 9.78 Å². The molecule has 0 unspecified atom stereocenters. The van der Waals surface area contributed by atoms with Gasteiger partial charge >= 0.3 is 0 Å². The van der Waals surface area contributed by atoms with Crippen LogP contribution in [-0.4, -0.2) is 17.1 Å². The van der Waals surface area contributed by atoms with Crippen LogP contribution in [0.4, 0.5) is 11.4 Å². The summed E-state index contributed by atoms with van der Waals surface area (Å²) >= 11 is 1.64. The SMILES string of the molecule is N=Cc1cc(NC(=O)Cc2cccnc2)cc(-c2cc3ccccc3s2)c1N. The molecule has 4 rings (SSSR count). The van der Waals surface area contributed by atoms with E-state index in [1.54, 1.807) is 35.9 Å². The van der Waals surface area contributed by atoms with E-state index in [4.69, 9.17) is 11.1 Å². The third kappa shape index (κ3) is 3.63. The van der Waals surface area contributed by atoms with Crippen molar-refractivity contribution in [3.63, 3.8) is 0 Å². The molecule has 0 spiro atoms. The minimum Gasteiger partial charge on any atom is -0.398 e. The number of nitrogens with one attached hydrogen (secondary N) is 2. The number of amides is 1. The number of aromatic nitrogens is 1. The van der Waals surface area contributed by atoms with Crippen LogP contribution in [0, 0.1) is 5.41 Å². The highest BCUT2D eigenvalue weighted by molar-refractivity contribution is 7.22. The average Bonchev–Trinajstić information content (AvgIpc) is 3.14. The largest absolute Gasteiger partial charge is 0.398 e. The second-order valence-corrected chi connectivity index (χ2v) is 7.49. The van der Waals surface area contributed by atoms with Crippen molar-refractivity contribution in [2.45, 2.75) is 6.42 Å². The van der Waals surface area contributed by atoms with Gasteiger partial charge in [0, 0.05) is 50.7 Å². The Balaban J connectivity index is 1.68. The standard InChI is InChI=1S/C22H18N4OS/c23-12-16-9-17(26-21(27)8-14-4-3-7-25-13-14)11-18(22(16)24)20-10-15-5-1-2-6-19(15)28-20/h1-7,9-13,23H,8,24H2,(H,26,27).